The quantitative estimate of drug-likeness (QED) is 0.594. The van der Waals surface area contributed by atoms with Crippen molar-refractivity contribution in [3.8, 4) is 0 Å². The van der Waals surface area contributed by atoms with Gasteiger partial charge in [-0.05, 0) is 66.9 Å². The van der Waals surface area contributed by atoms with Gasteiger partial charge in [0.25, 0.3) is 0 Å². The summed E-state index contributed by atoms with van der Waals surface area (Å²) >= 11 is 0. The summed E-state index contributed by atoms with van der Waals surface area (Å²) in [5.41, 5.74) is 7.67. The molecule has 22 heavy (non-hydrogen) atoms. The van der Waals surface area contributed by atoms with E-state index in [9.17, 15) is 0 Å². The second kappa shape index (κ2) is 6.96. The highest BCUT2D eigenvalue weighted by atomic mass is 14.2. The van der Waals surface area contributed by atoms with E-state index in [1.54, 1.807) is 0 Å². The Bertz CT molecular complexity index is 650. The van der Waals surface area contributed by atoms with Gasteiger partial charge in [0.15, 0.2) is 0 Å². The van der Waals surface area contributed by atoms with Crippen LogP contribution in [0.1, 0.15) is 45.2 Å². The molecule has 2 rings (SSSR count). The van der Waals surface area contributed by atoms with Crippen LogP contribution in [0.4, 0.5) is 0 Å². The molecule has 0 aromatic heterocycles. The van der Waals surface area contributed by atoms with Crippen molar-refractivity contribution in [2.24, 2.45) is 11.8 Å². The molecule has 0 saturated heterocycles. The van der Waals surface area contributed by atoms with Crippen LogP contribution in [0.25, 0.3) is 5.57 Å². The number of benzene rings is 1. The molecule has 0 spiro atoms. The highest BCUT2D eigenvalue weighted by Gasteiger charge is 2.16. The fourth-order valence-electron chi connectivity index (χ4n) is 3.10. The van der Waals surface area contributed by atoms with Gasteiger partial charge in [-0.3, -0.25) is 0 Å². The Morgan fingerprint density at radius 2 is 1.82 bits per heavy atom. The maximum atomic E-state index is 4.39. The predicted molar refractivity (Wildman–Crippen MR) is 98.8 cm³/mol. The second-order valence-corrected chi connectivity index (χ2v) is 6.87. The number of hydrogen-bond acceptors (Lipinski definition) is 0. The summed E-state index contributed by atoms with van der Waals surface area (Å²) in [7, 11) is 0. The van der Waals surface area contributed by atoms with Crippen molar-refractivity contribution in [1.82, 2.24) is 0 Å². The molecule has 0 saturated carbocycles. The van der Waals surface area contributed by atoms with Crippen molar-refractivity contribution in [1.29, 1.82) is 0 Å². The minimum absolute atomic E-state index is 0.539. The molecule has 1 aliphatic carbocycles. The van der Waals surface area contributed by atoms with Crippen molar-refractivity contribution in [2.75, 3.05) is 0 Å². The third-order valence-corrected chi connectivity index (χ3v) is 4.48. The molecule has 116 valence electrons. The summed E-state index contributed by atoms with van der Waals surface area (Å²) in [5.74, 6) is 1.25. The van der Waals surface area contributed by atoms with Crippen LogP contribution in [0.3, 0.4) is 0 Å². The molecule has 0 fully saturated rings. The van der Waals surface area contributed by atoms with Gasteiger partial charge in [-0.25, -0.2) is 0 Å². The Balaban J connectivity index is 2.39. The van der Waals surface area contributed by atoms with Gasteiger partial charge in [0.1, 0.15) is 0 Å². The molecule has 1 aromatic rings. The van der Waals surface area contributed by atoms with Crippen molar-refractivity contribution >= 4 is 5.57 Å². The van der Waals surface area contributed by atoms with Gasteiger partial charge in [-0.1, -0.05) is 68.5 Å². The summed E-state index contributed by atoms with van der Waals surface area (Å²) in [6.07, 6.45) is 8.19. The highest BCUT2D eigenvalue weighted by molar-refractivity contribution is 5.83. The van der Waals surface area contributed by atoms with Crippen molar-refractivity contribution in [3.63, 3.8) is 0 Å². The van der Waals surface area contributed by atoms with E-state index in [4.69, 9.17) is 0 Å². The van der Waals surface area contributed by atoms with E-state index in [1.807, 2.05) is 0 Å². The molecular formula is C22H28. The van der Waals surface area contributed by atoms with Crippen LogP contribution >= 0.6 is 0 Å². The monoisotopic (exact) mass is 292 g/mol. The fraction of sp³-hybridized carbons (Fsp3) is 0.364. The third-order valence-electron chi connectivity index (χ3n) is 4.48. The Morgan fingerprint density at radius 3 is 2.45 bits per heavy atom. The van der Waals surface area contributed by atoms with E-state index >= 15 is 0 Å². The zero-order chi connectivity index (χ0) is 16.3. The first-order valence-electron chi connectivity index (χ1n) is 8.22. The van der Waals surface area contributed by atoms with Crippen LogP contribution in [-0.4, -0.2) is 0 Å². The van der Waals surface area contributed by atoms with Crippen molar-refractivity contribution < 1.29 is 0 Å². The first-order chi connectivity index (χ1) is 10.4. The predicted octanol–water partition coefficient (Wildman–Crippen LogP) is 6.50. The lowest BCUT2D eigenvalue weighted by molar-refractivity contribution is 0.518. The molecule has 0 amide bonds. The molecule has 0 nitrogen and oxygen atoms in total. The second-order valence-electron chi connectivity index (χ2n) is 6.87. The standard InChI is InChI=1S/C22H28/c1-15(2)13-20-12-11-17(4)22(14-18(20)5)19(6)21-10-8-7-9-16(21)3/h7-12,14-15,20H,6,13H2,1-5H3. The minimum Gasteiger partial charge on any atom is -0.0905 e. The van der Waals surface area contributed by atoms with Gasteiger partial charge < -0.3 is 0 Å². The number of aryl methyl sites for hydroxylation is 1. The summed E-state index contributed by atoms with van der Waals surface area (Å²) in [5, 5.41) is 0. The zero-order valence-electron chi connectivity index (χ0n) is 14.6. The normalized spacial score (nSPS) is 18.5. The average Bonchev–Trinajstić information content (AvgIpc) is 2.60. The lowest BCUT2D eigenvalue weighted by Gasteiger charge is -2.16. The maximum absolute atomic E-state index is 4.39. The minimum atomic E-state index is 0.539. The molecule has 0 heteroatoms. The molecule has 0 aliphatic heterocycles. The van der Waals surface area contributed by atoms with E-state index in [0.29, 0.717) is 11.8 Å². The van der Waals surface area contributed by atoms with Crippen LogP contribution < -0.4 is 0 Å². The highest BCUT2D eigenvalue weighted by Crippen LogP contribution is 2.33. The molecule has 0 bridgehead atoms. The number of allylic oxidation sites excluding steroid dienone is 7. The third kappa shape index (κ3) is 3.68. The summed E-state index contributed by atoms with van der Waals surface area (Å²) in [4.78, 5) is 0. The summed E-state index contributed by atoms with van der Waals surface area (Å²) < 4.78 is 0. The fourth-order valence-corrected chi connectivity index (χ4v) is 3.10. The molecular weight excluding hydrogens is 264 g/mol. The number of hydrogen-bond donors (Lipinski definition) is 0. The Labute approximate surface area is 136 Å². The maximum Gasteiger partial charge on any atom is -0.00171 e. The van der Waals surface area contributed by atoms with Crippen molar-refractivity contribution in [3.05, 3.63) is 76.9 Å². The molecule has 1 atom stereocenters. The summed E-state index contributed by atoms with van der Waals surface area (Å²) in [6.45, 7) is 15.6. The topological polar surface area (TPSA) is 0 Å². The molecule has 1 aliphatic rings. The smallest absolute Gasteiger partial charge is 0.00171 e. The first-order valence-corrected chi connectivity index (χ1v) is 8.22. The van der Waals surface area contributed by atoms with Crippen LogP contribution in [0, 0.1) is 18.8 Å². The van der Waals surface area contributed by atoms with Gasteiger partial charge in [0.05, 0.1) is 0 Å². The number of rotatable bonds is 4. The largest absolute Gasteiger partial charge is 0.0905 e. The van der Waals surface area contributed by atoms with E-state index in [-0.39, 0.29) is 0 Å². The molecule has 0 radical (unpaired) electrons. The molecule has 1 aromatic carbocycles. The van der Waals surface area contributed by atoms with Gasteiger partial charge in [0, 0.05) is 0 Å². The van der Waals surface area contributed by atoms with E-state index in [1.165, 1.54) is 34.3 Å². The van der Waals surface area contributed by atoms with Gasteiger partial charge >= 0.3 is 0 Å². The Morgan fingerprint density at radius 1 is 1.14 bits per heavy atom. The van der Waals surface area contributed by atoms with E-state index in [0.717, 1.165) is 5.57 Å². The van der Waals surface area contributed by atoms with Crippen LogP contribution in [0.5, 0.6) is 0 Å². The van der Waals surface area contributed by atoms with Crippen LogP contribution in [0.2, 0.25) is 0 Å². The van der Waals surface area contributed by atoms with E-state index < -0.39 is 0 Å². The average molecular weight is 292 g/mol. The lowest BCUT2D eigenvalue weighted by Crippen LogP contribution is -2.03. The SMILES string of the molecule is C=C(C1=C(C)C=CC(CC(C)C)C(C)=C1)c1ccccc1C. The van der Waals surface area contributed by atoms with Crippen molar-refractivity contribution in [2.45, 2.75) is 41.0 Å². The van der Waals surface area contributed by atoms with Gasteiger partial charge in [-0.2, -0.15) is 0 Å². The van der Waals surface area contributed by atoms with Gasteiger partial charge in [0.2, 0.25) is 0 Å². The van der Waals surface area contributed by atoms with Crippen LogP contribution in [-0.2, 0) is 0 Å². The lowest BCUT2D eigenvalue weighted by atomic mass is 9.89. The summed E-state index contributed by atoms with van der Waals surface area (Å²) in [6, 6.07) is 8.50. The Hall–Kier alpha value is -1.82. The zero-order valence-corrected chi connectivity index (χ0v) is 14.6. The van der Waals surface area contributed by atoms with Crippen LogP contribution in [0.15, 0.2) is 65.8 Å². The first kappa shape index (κ1) is 16.5. The van der Waals surface area contributed by atoms with E-state index in [2.05, 4.69) is 83.7 Å². The molecule has 0 heterocycles. The molecule has 1 unspecified atom stereocenters. The Kier molecular flexibility index (Phi) is 5.24. The molecule has 0 N–H and O–H groups in total. The van der Waals surface area contributed by atoms with Gasteiger partial charge in [-0.15, -0.1) is 0 Å².